The third-order valence-corrected chi connectivity index (χ3v) is 6.72. The van der Waals surface area contributed by atoms with Gasteiger partial charge in [-0.3, -0.25) is 9.80 Å². The van der Waals surface area contributed by atoms with Crippen LogP contribution in [0, 0.1) is 5.82 Å². The zero-order valence-electron chi connectivity index (χ0n) is 20.5. The summed E-state index contributed by atoms with van der Waals surface area (Å²) in [5.41, 5.74) is 1.02. The van der Waals surface area contributed by atoms with Crippen molar-refractivity contribution in [1.82, 2.24) is 20.2 Å². The molecule has 3 N–H and O–H groups in total. The Balaban J connectivity index is 1.53. The van der Waals surface area contributed by atoms with Crippen molar-refractivity contribution in [2.24, 2.45) is 0 Å². The molecule has 36 heavy (non-hydrogen) atoms. The average Bonchev–Trinajstić information content (AvgIpc) is 2.85. The lowest BCUT2D eigenvalue weighted by molar-refractivity contribution is 0.0571. The van der Waals surface area contributed by atoms with Gasteiger partial charge in [-0.2, -0.15) is 4.98 Å². The molecule has 2 amide bonds. The van der Waals surface area contributed by atoms with E-state index in [1.54, 1.807) is 18.3 Å². The molecule has 0 radical (unpaired) electrons. The Morgan fingerprint density at radius 3 is 2.97 bits per heavy atom. The summed E-state index contributed by atoms with van der Waals surface area (Å²) in [6.07, 6.45) is 2.45. The second-order valence-electron chi connectivity index (χ2n) is 9.06. The zero-order chi connectivity index (χ0) is 25.9. The maximum absolute atomic E-state index is 15.3. The molecule has 0 spiro atoms. The molecule has 1 unspecified atom stereocenters. The molecule has 10 nitrogen and oxygen atoms in total. The highest BCUT2D eigenvalue weighted by Gasteiger charge is 2.41. The van der Waals surface area contributed by atoms with E-state index < -0.39 is 23.5 Å². The van der Waals surface area contributed by atoms with Crippen LogP contribution < -0.4 is 15.5 Å². The van der Waals surface area contributed by atoms with Gasteiger partial charge in [0.2, 0.25) is 5.95 Å². The lowest BCUT2D eigenvalue weighted by Crippen LogP contribution is -2.63. The molecule has 2 aromatic rings. The first kappa shape index (κ1) is 25.4. The lowest BCUT2D eigenvalue weighted by Gasteiger charge is -2.46. The van der Waals surface area contributed by atoms with E-state index in [9.17, 15) is 14.7 Å². The Morgan fingerprint density at radius 1 is 1.47 bits per heavy atom. The van der Waals surface area contributed by atoms with Gasteiger partial charge < -0.3 is 20.5 Å². The number of piperazine rings is 1. The maximum Gasteiger partial charge on any atom is 0.415 e. The summed E-state index contributed by atoms with van der Waals surface area (Å²) >= 11 is 0. The van der Waals surface area contributed by atoms with Crippen molar-refractivity contribution >= 4 is 24.0 Å². The van der Waals surface area contributed by atoms with E-state index in [4.69, 9.17) is 4.74 Å². The predicted molar refractivity (Wildman–Crippen MR) is 133 cm³/mol. The summed E-state index contributed by atoms with van der Waals surface area (Å²) in [4.78, 5) is 35.5. The molecule has 0 aliphatic carbocycles. The van der Waals surface area contributed by atoms with Gasteiger partial charge in [-0.1, -0.05) is 18.2 Å². The van der Waals surface area contributed by atoms with E-state index >= 15 is 4.39 Å². The molecule has 1 fully saturated rings. The first-order chi connectivity index (χ1) is 17.3. The number of rotatable bonds is 8. The molecule has 0 saturated carbocycles. The van der Waals surface area contributed by atoms with Gasteiger partial charge in [-0.25, -0.2) is 19.0 Å². The monoisotopic (exact) mass is 498 g/mol. The normalized spacial score (nSPS) is 20.4. The highest BCUT2D eigenvalue weighted by atomic mass is 19.1. The highest BCUT2D eigenvalue weighted by Crippen LogP contribution is 2.30. The number of benzene rings is 1. The van der Waals surface area contributed by atoms with Crippen LogP contribution in [-0.2, 0) is 17.8 Å². The molecule has 2 aliphatic heterocycles. The Morgan fingerprint density at radius 2 is 2.28 bits per heavy atom. The van der Waals surface area contributed by atoms with E-state index in [0.29, 0.717) is 61.1 Å². The summed E-state index contributed by atoms with van der Waals surface area (Å²) in [6, 6.07) is 4.63. The van der Waals surface area contributed by atoms with Gasteiger partial charge in [0.1, 0.15) is 18.2 Å². The fourth-order valence-corrected chi connectivity index (χ4v) is 4.82. The molecule has 11 heteroatoms. The Labute approximate surface area is 209 Å². The van der Waals surface area contributed by atoms with Gasteiger partial charge in [0.25, 0.3) is 0 Å². The van der Waals surface area contributed by atoms with Crippen LogP contribution >= 0.6 is 0 Å². The fourth-order valence-electron chi connectivity index (χ4n) is 4.82. The quantitative estimate of drug-likeness (QED) is 0.471. The van der Waals surface area contributed by atoms with Gasteiger partial charge in [0.05, 0.1) is 17.1 Å². The van der Waals surface area contributed by atoms with Crippen molar-refractivity contribution in [1.29, 1.82) is 0 Å². The molecule has 2 aliphatic rings. The molecule has 3 heterocycles. The maximum atomic E-state index is 15.3. The number of amides is 2. The zero-order valence-corrected chi connectivity index (χ0v) is 20.5. The fraction of sp³-hybridized carbons (Fsp3) is 0.440. The van der Waals surface area contributed by atoms with Crippen molar-refractivity contribution in [3.63, 3.8) is 0 Å². The third kappa shape index (κ3) is 4.97. The Hall–Kier alpha value is -3.73. The van der Waals surface area contributed by atoms with E-state index in [-0.39, 0.29) is 19.1 Å². The summed E-state index contributed by atoms with van der Waals surface area (Å²) in [5, 5.41) is 16.2. The van der Waals surface area contributed by atoms with Crippen molar-refractivity contribution < 1.29 is 23.8 Å². The van der Waals surface area contributed by atoms with Crippen LogP contribution in [0.1, 0.15) is 43.0 Å². The minimum atomic E-state index is -1.02. The van der Waals surface area contributed by atoms with E-state index in [1.807, 2.05) is 19.9 Å². The van der Waals surface area contributed by atoms with Crippen molar-refractivity contribution in [2.45, 2.75) is 44.9 Å². The number of halogens is 1. The summed E-state index contributed by atoms with van der Waals surface area (Å²) in [6.45, 7) is 9.31. The van der Waals surface area contributed by atoms with Gasteiger partial charge >= 0.3 is 12.2 Å². The van der Waals surface area contributed by atoms with Gasteiger partial charge in [0, 0.05) is 38.8 Å². The highest BCUT2D eigenvalue weighted by molar-refractivity contribution is 5.89. The predicted octanol–water partition coefficient (Wildman–Crippen LogP) is 3.71. The summed E-state index contributed by atoms with van der Waals surface area (Å²) in [7, 11) is 0. The molecule has 1 saturated heterocycles. The number of aromatic nitrogens is 2. The molecule has 0 bridgehead atoms. The van der Waals surface area contributed by atoms with E-state index in [0.717, 1.165) is 0 Å². The lowest BCUT2D eigenvalue weighted by atomic mass is 9.83. The SMILES string of the molecule is C=CCC1(Cc2ccc([C@H](C)Nc3ncc4c(n3)N(CC)C(=O)OC4)cc2F)CNCCN1C(=O)O. The number of carboxylic acid groups (broad SMARTS) is 1. The first-order valence-electron chi connectivity index (χ1n) is 11.9. The number of ether oxygens (including phenoxy) is 1. The molecular weight excluding hydrogens is 467 g/mol. The number of hydrogen-bond donors (Lipinski definition) is 3. The van der Waals surface area contributed by atoms with Crippen molar-refractivity contribution in [2.75, 3.05) is 36.4 Å². The molecule has 1 aromatic heterocycles. The number of nitrogens with one attached hydrogen (secondary N) is 2. The topological polar surface area (TPSA) is 120 Å². The van der Waals surface area contributed by atoms with Gasteiger partial charge in [-0.15, -0.1) is 6.58 Å². The third-order valence-electron chi connectivity index (χ3n) is 6.72. The van der Waals surface area contributed by atoms with E-state index in [1.165, 1.54) is 15.9 Å². The number of hydrogen-bond acceptors (Lipinski definition) is 7. The number of nitrogens with zero attached hydrogens (tertiary/aromatic N) is 4. The number of fused-ring (bicyclic) bond motifs is 1. The average molecular weight is 499 g/mol. The van der Waals surface area contributed by atoms with Gasteiger partial charge in [0.15, 0.2) is 0 Å². The van der Waals surface area contributed by atoms with Gasteiger partial charge in [-0.05, 0) is 37.5 Å². The van der Waals surface area contributed by atoms with Crippen LogP contribution in [0.2, 0.25) is 0 Å². The van der Waals surface area contributed by atoms with Crippen molar-refractivity contribution in [3.05, 3.63) is 59.6 Å². The number of carbonyl (C=O) groups is 2. The molecule has 1 aromatic carbocycles. The van der Waals surface area contributed by atoms with Crippen LogP contribution in [-0.4, -0.2) is 63.9 Å². The molecule has 192 valence electrons. The molecule has 2 atom stereocenters. The summed E-state index contributed by atoms with van der Waals surface area (Å²) < 4.78 is 20.4. The van der Waals surface area contributed by atoms with Crippen molar-refractivity contribution in [3.8, 4) is 0 Å². The summed E-state index contributed by atoms with van der Waals surface area (Å²) in [5.74, 6) is 0.400. The minimum absolute atomic E-state index is 0.120. The number of cyclic esters (lactones) is 1. The standard InChI is InChI=1S/C25H31FN6O4/c1-4-8-25(15-27-9-10-32(25)23(33)34)12-18-7-6-17(11-20(18)26)16(3)29-22-28-13-19-14-36-24(35)31(5-2)21(19)30-22/h4,6-7,11,13,16,27H,1,5,8-10,12,14-15H2,2-3H3,(H,33,34)(H,28,29,30)/t16-,25?/m0/s1. The van der Waals surface area contributed by atoms with Crippen LogP contribution in [0.15, 0.2) is 37.1 Å². The molecule has 4 rings (SSSR count). The first-order valence-corrected chi connectivity index (χ1v) is 11.9. The Bertz CT molecular complexity index is 1160. The minimum Gasteiger partial charge on any atom is -0.465 e. The van der Waals surface area contributed by atoms with Crippen LogP contribution in [0.25, 0.3) is 0 Å². The van der Waals surface area contributed by atoms with Crippen LogP contribution in [0.3, 0.4) is 0 Å². The molecular formula is C25H31FN6O4. The van der Waals surface area contributed by atoms with Crippen LogP contribution in [0.5, 0.6) is 0 Å². The van der Waals surface area contributed by atoms with E-state index in [2.05, 4.69) is 27.2 Å². The number of anilines is 2. The smallest absolute Gasteiger partial charge is 0.415 e. The van der Waals surface area contributed by atoms with Crippen LogP contribution in [0.4, 0.5) is 25.7 Å². The largest absolute Gasteiger partial charge is 0.465 e. The Kier molecular flexibility index (Phi) is 7.39. The number of carbonyl (C=O) groups excluding carboxylic acids is 1. The second-order valence-corrected chi connectivity index (χ2v) is 9.06. The second kappa shape index (κ2) is 10.5.